The average Bonchev–Trinajstić information content (AvgIpc) is 2.98. The Bertz CT molecular complexity index is 996. The lowest BCUT2D eigenvalue weighted by Gasteiger charge is -2.24. The van der Waals surface area contributed by atoms with Gasteiger partial charge in [0.05, 0.1) is 11.0 Å². The van der Waals surface area contributed by atoms with E-state index in [1.54, 1.807) is 0 Å². The van der Waals surface area contributed by atoms with E-state index in [2.05, 4.69) is 45.6 Å². The number of anilines is 1. The average molecular weight is 398 g/mol. The summed E-state index contributed by atoms with van der Waals surface area (Å²) in [6, 6.07) is 7.94. The molecule has 0 bridgehead atoms. The summed E-state index contributed by atoms with van der Waals surface area (Å²) in [5.41, 5.74) is 4.60. The fourth-order valence-corrected chi connectivity index (χ4v) is 3.83. The number of hydrogen-bond donors (Lipinski definition) is 1. The summed E-state index contributed by atoms with van der Waals surface area (Å²) >= 11 is 1.53. The maximum Gasteiger partial charge on any atom is 0.227 e. The second-order valence-electron chi connectivity index (χ2n) is 7.84. The molecule has 2 aromatic heterocycles. The number of benzene rings is 1. The second-order valence-corrected chi connectivity index (χ2v) is 8.61. The van der Waals surface area contributed by atoms with Gasteiger partial charge >= 0.3 is 0 Å². The van der Waals surface area contributed by atoms with Crippen LogP contribution in [0.3, 0.4) is 0 Å². The second kappa shape index (κ2) is 7.91. The minimum atomic E-state index is -0.201. The van der Waals surface area contributed by atoms with Crippen molar-refractivity contribution in [3.05, 3.63) is 41.2 Å². The summed E-state index contributed by atoms with van der Waals surface area (Å²) in [6.45, 7) is 10.3. The summed E-state index contributed by atoms with van der Waals surface area (Å²) in [7, 11) is 0. The van der Waals surface area contributed by atoms with Gasteiger partial charge in [-0.05, 0) is 65.0 Å². The molecule has 0 saturated heterocycles. The molecular formula is C21H27N5OS. The zero-order valence-electron chi connectivity index (χ0n) is 17.3. The Balaban J connectivity index is 1.79. The highest BCUT2D eigenvalue weighted by molar-refractivity contribution is 7.98. The molecule has 0 unspecified atom stereocenters. The van der Waals surface area contributed by atoms with Gasteiger partial charge in [0, 0.05) is 23.3 Å². The number of fused-ring (bicyclic) bond motifs is 1. The number of carbonyl (C=O) groups excluding carboxylic acids is 1. The lowest BCUT2D eigenvalue weighted by molar-refractivity contribution is -0.116. The number of aryl methyl sites for hydroxylation is 2. The highest BCUT2D eigenvalue weighted by Crippen LogP contribution is 2.28. The van der Waals surface area contributed by atoms with Gasteiger partial charge in [-0.2, -0.15) is 0 Å². The number of hydrogen-bond acceptors (Lipinski definition) is 5. The van der Waals surface area contributed by atoms with Crippen LogP contribution in [0.15, 0.2) is 29.4 Å². The van der Waals surface area contributed by atoms with Gasteiger partial charge in [-0.15, -0.1) is 0 Å². The maximum absolute atomic E-state index is 12.7. The zero-order valence-corrected chi connectivity index (χ0v) is 18.1. The van der Waals surface area contributed by atoms with Gasteiger partial charge in [-0.3, -0.25) is 10.1 Å². The molecule has 0 aliphatic heterocycles. The minimum absolute atomic E-state index is 0.0615. The van der Waals surface area contributed by atoms with E-state index in [4.69, 9.17) is 0 Å². The Morgan fingerprint density at radius 3 is 2.36 bits per heavy atom. The summed E-state index contributed by atoms with van der Waals surface area (Å²) < 4.78 is 2.08. The first kappa shape index (κ1) is 20.3. The van der Waals surface area contributed by atoms with Gasteiger partial charge in [-0.1, -0.05) is 23.9 Å². The molecule has 2 heterocycles. The van der Waals surface area contributed by atoms with E-state index >= 15 is 0 Å². The van der Waals surface area contributed by atoms with Crippen molar-refractivity contribution in [2.45, 2.75) is 58.2 Å². The van der Waals surface area contributed by atoms with Crippen LogP contribution in [-0.2, 0) is 16.8 Å². The summed E-state index contributed by atoms with van der Waals surface area (Å²) in [4.78, 5) is 26.3. The molecule has 0 atom stereocenters. The number of nitrogens with one attached hydrogen (secondary N) is 1. The highest BCUT2D eigenvalue weighted by atomic mass is 32.2. The fraction of sp³-hybridized carbons (Fsp3) is 0.429. The van der Waals surface area contributed by atoms with Gasteiger partial charge in [0.1, 0.15) is 0 Å². The number of rotatable bonds is 5. The van der Waals surface area contributed by atoms with Gasteiger partial charge in [0.25, 0.3) is 0 Å². The predicted molar refractivity (Wildman–Crippen MR) is 115 cm³/mol. The lowest BCUT2D eigenvalue weighted by Crippen LogP contribution is -2.26. The number of imidazole rings is 1. The van der Waals surface area contributed by atoms with Crippen LogP contribution < -0.4 is 5.32 Å². The van der Waals surface area contributed by atoms with Crippen LogP contribution in [-0.4, -0.2) is 31.7 Å². The Morgan fingerprint density at radius 1 is 1.11 bits per heavy atom. The van der Waals surface area contributed by atoms with Crippen LogP contribution in [0.1, 0.15) is 44.1 Å². The first-order chi connectivity index (χ1) is 13.2. The molecular weight excluding hydrogens is 370 g/mol. The van der Waals surface area contributed by atoms with Gasteiger partial charge in [0.2, 0.25) is 11.9 Å². The van der Waals surface area contributed by atoms with Crippen molar-refractivity contribution < 1.29 is 4.79 Å². The van der Waals surface area contributed by atoms with Crippen LogP contribution in [0.4, 0.5) is 5.95 Å². The number of nitrogens with zero attached hydrogens (tertiary/aromatic N) is 4. The van der Waals surface area contributed by atoms with E-state index in [0.717, 1.165) is 33.1 Å². The highest BCUT2D eigenvalue weighted by Gasteiger charge is 2.22. The Morgan fingerprint density at radius 2 is 1.75 bits per heavy atom. The number of para-hydroxylation sites is 2. The van der Waals surface area contributed by atoms with Crippen molar-refractivity contribution in [2.24, 2.45) is 0 Å². The standard InChI is InChI=1S/C21H27N5OS/c1-13-15(14(2)23-20(22-13)28-6)11-12-18(27)25-19-24-16-9-7-8-10-17(16)26(19)21(3,4)5/h7-10H,11-12H2,1-6H3,(H,24,25,27). The van der Waals surface area contributed by atoms with Crippen molar-refractivity contribution in [3.8, 4) is 0 Å². The SMILES string of the molecule is CSc1nc(C)c(CCC(=O)Nc2nc3ccccc3n2C(C)(C)C)c(C)n1. The third-order valence-electron chi connectivity index (χ3n) is 4.67. The van der Waals surface area contributed by atoms with Crippen LogP contribution in [0.5, 0.6) is 0 Å². The van der Waals surface area contributed by atoms with Crippen molar-refractivity contribution in [2.75, 3.05) is 11.6 Å². The van der Waals surface area contributed by atoms with Crippen molar-refractivity contribution >= 4 is 34.7 Å². The van der Waals surface area contributed by atoms with Crippen LogP contribution in [0.2, 0.25) is 0 Å². The summed E-state index contributed by atoms with van der Waals surface area (Å²) in [5, 5.41) is 3.77. The molecule has 1 aromatic carbocycles. The summed E-state index contributed by atoms with van der Waals surface area (Å²) in [5.74, 6) is 0.523. The Kier molecular flexibility index (Phi) is 5.74. The Labute approximate surface area is 170 Å². The molecule has 0 aliphatic carbocycles. The molecule has 0 radical (unpaired) electrons. The molecule has 7 heteroatoms. The molecule has 3 rings (SSSR count). The van der Waals surface area contributed by atoms with E-state index in [1.807, 2.05) is 44.4 Å². The predicted octanol–water partition coefficient (Wildman–Crippen LogP) is 4.49. The first-order valence-corrected chi connectivity index (χ1v) is 10.6. The number of carbonyl (C=O) groups is 1. The van der Waals surface area contributed by atoms with E-state index in [0.29, 0.717) is 18.8 Å². The fourth-order valence-electron chi connectivity index (χ4n) is 3.38. The van der Waals surface area contributed by atoms with E-state index in [1.165, 1.54) is 11.8 Å². The zero-order chi connectivity index (χ0) is 20.5. The maximum atomic E-state index is 12.7. The molecule has 0 aliphatic rings. The number of thioether (sulfide) groups is 1. The lowest BCUT2D eigenvalue weighted by atomic mass is 10.1. The molecule has 3 aromatic rings. The van der Waals surface area contributed by atoms with Gasteiger partial charge in [-0.25, -0.2) is 15.0 Å². The quantitative estimate of drug-likeness (QED) is 0.507. The monoisotopic (exact) mass is 397 g/mol. The molecule has 28 heavy (non-hydrogen) atoms. The van der Waals surface area contributed by atoms with E-state index < -0.39 is 0 Å². The Hall–Kier alpha value is -2.41. The van der Waals surface area contributed by atoms with Crippen LogP contribution >= 0.6 is 11.8 Å². The molecule has 6 nitrogen and oxygen atoms in total. The minimum Gasteiger partial charge on any atom is -0.305 e. The smallest absolute Gasteiger partial charge is 0.227 e. The van der Waals surface area contributed by atoms with E-state index in [-0.39, 0.29) is 11.4 Å². The van der Waals surface area contributed by atoms with Gasteiger partial charge in [0.15, 0.2) is 5.16 Å². The summed E-state index contributed by atoms with van der Waals surface area (Å²) in [6.07, 6.45) is 2.92. The van der Waals surface area contributed by atoms with E-state index in [9.17, 15) is 4.79 Å². The third-order valence-corrected chi connectivity index (χ3v) is 5.22. The van der Waals surface area contributed by atoms with Crippen molar-refractivity contribution in [3.63, 3.8) is 0 Å². The van der Waals surface area contributed by atoms with Crippen LogP contribution in [0.25, 0.3) is 11.0 Å². The number of aromatic nitrogens is 4. The van der Waals surface area contributed by atoms with Crippen molar-refractivity contribution in [1.82, 2.24) is 19.5 Å². The molecule has 148 valence electrons. The van der Waals surface area contributed by atoms with Gasteiger partial charge < -0.3 is 4.57 Å². The largest absolute Gasteiger partial charge is 0.305 e. The molecule has 1 N–H and O–H groups in total. The topological polar surface area (TPSA) is 72.7 Å². The normalized spacial score (nSPS) is 11.8. The van der Waals surface area contributed by atoms with Crippen LogP contribution in [0, 0.1) is 13.8 Å². The molecule has 0 spiro atoms. The molecule has 1 amide bonds. The number of amides is 1. The molecule has 0 saturated carbocycles. The molecule has 0 fully saturated rings. The van der Waals surface area contributed by atoms with Crippen molar-refractivity contribution in [1.29, 1.82) is 0 Å². The third kappa shape index (κ3) is 4.19. The first-order valence-electron chi connectivity index (χ1n) is 9.36.